The van der Waals surface area contributed by atoms with Gasteiger partial charge in [-0.05, 0) is 31.9 Å². The molecule has 1 heterocycles. The van der Waals surface area contributed by atoms with Crippen LogP contribution in [0.2, 0.25) is 5.02 Å². The van der Waals surface area contributed by atoms with Crippen molar-refractivity contribution in [2.24, 2.45) is 0 Å². The third kappa shape index (κ3) is 2.50. The van der Waals surface area contributed by atoms with Crippen LogP contribution in [-0.4, -0.2) is 25.8 Å². The molecule has 17 heavy (non-hydrogen) atoms. The summed E-state index contributed by atoms with van der Waals surface area (Å²) in [5.41, 5.74) is 7.58. The van der Waals surface area contributed by atoms with Gasteiger partial charge in [0.1, 0.15) is 0 Å². The number of para-hydroxylation sites is 1. The number of anilines is 2. The van der Waals surface area contributed by atoms with Gasteiger partial charge in [0, 0.05) is 20.2 Å². The van der Waals surface area contributed by atoms with Gasteiger partial charge in [0.25, 0.3) is 0 Å². The lowest BCUT2D eigenvalue weighted by Gasteiger charge is -2.41. The van der Waals surface area contributed by atoms with Gasteiger partial charge in [-0.3, -0.25) is 0 Å². The van der Waals surface area contributed by atoms with E-state index in [9.17, 15) is 0 Å². The lowest BCUT2D eigenvalue weighted by Crippen LogP contribution is -2.47. The van der Waals surface area contributed by atoms with Crippen LogP contribution in [-0.2, 0) is 4.74 Å². The van der Waals surface area contributed by atoms with Crippen LogP contribution in [0.1, 0.15) is 19.8 Å². The Labute approximate surface area is 107 Å². The number of nitrogen functional groups attached to an aromatic ring is 1. The Morgan fingerprint density at radius 3 is 2.88 bits per heavy atom. The predicted molar refractivity (Wildman–Crippen MR) is 72.7 cm³/mol. The number of benzene rings is 1. The highest BCUT2D eigenvalue weighted by molar-refractivity contribution is 6.34. The van der Waals surface area contributed by atoms with E-state index < -0.39 is 0 Å². The van der Waals surface area contributed by atoms with E-state index in [4.69, 9.17) is 22.1 Å². The van der Waals surface area contributed by atoms with E-state index in [1.165, 1.54) is 0 Å². The number of ether oxygens (including phenoxy) is 1. The second-order valence-corrected chi connectivity index (χ2v) is 5.26. The average Bonchev–Trinajstić information content (AvgIpc) is 2.29. The van der Waals surface area contributed by atoms with Gasteiger partial charge in [-0.25, -0.2) is 0 Å². The zero-order chi connectivity index (χ0) is 12.5. The minimum absolute atomic E-state index is 0.107. The summed E-state index contributed by atoms with van der Waals surface area (Å²) in [7, 11) is 1.76. The van der Waals surface area contributed by atoms with E-state index in [2.05, 4.69) is 11.8 Å². The van der Waals surface area contributed by atoms with Crippen molar-refractivity contribution in [1.82, 2.24) is 0 Å². The Morgan fingerprint density at radius 2 is 2.24 bits per heavy atom. The van der Waals surface area contributed by atoms with Crippen LogP contribution in [0.3, 0.4) is 0 Å². The first-order chi connectivity index (χ1) is 8.06. The van der Waals surface area contributed by atoms with Gasteiger partial charge < -0.3 is 15.4 Å². The van der Waals surface area contributed by atoms with Crippen molar-refractivity contribution in [3.8, 4) is 0 Å². The summed E-state index contributed by atoms with van der Waals surface area (Å²) in [5.74, 6) is 0. The van der Waals surface area contributed by atoms with Crippen LogP contribution >= 0.6 is 11.6 Å². The third-order valence-electron chi connectivity index (χ3n) is 3.49. The van der Waals surface area contributed by atoms with Gasteiger partial charge in [-0.1, -0.05) is 17.7 Å². The summed E-state index contributed by atoms with van der Waals surface area (Å²) < 4.78 is 5.58. The van der Waals surface area contributed by atoms with Crippen LogP contribution in [0, 0.1) is 0 Å². The summed E-state index contributed by atoms with van der Waals surface area (Å²) in [6.07, 6.45) is 2.17. The van der Waals surface area contributed by atoms with E-state index >= 15 is 0 Å². The predicted octanol–water partition coefficient (Wildman–Crippen LogP) is 2.93. The number of hydrogen-bond acceptors (Lipinski definition) is 3. The molecule has 1 aromatic rings. The molecule has 1 aromatic carbocycles. The van der Waals surface area contributed by atoms with E-state index in [1.54, 1.807) is 7.11 Å². The summed E-state index contributed by atoms with van der Waals surface area (Å²) in [4.78, 5) is 2.23. The molecule has 2 N–H and O–H groups in total. The molecule has 0 saturated carbocycles. The highest BCUT2D eigenvalue weighted by Gasteiger charge is 2.32. The first kappa shape index (κ1) is 12.5. The lowest BCUT2D eigenvalue weighted by molar-refractivity contribution is -0.00461. The zero-order valence-corrected chi connectivity index (χ0v) is 11.1. The van der Waals surface area contributed by atoms with Crippen molar-refractivity contribution >= 4 is 23.0 Å². The second kappa shape index (κ2) is 4.75. The summed E-state index contributed by atoms with van der Waals surface area (Å²) in [6.45, 7) is 3.94. The number of hydrogen-bond donors (Lipinski definition) is 1. The molecule has 2 rings (SSSR count). The van der Waals surface area contributed by atoms with E-state index in [1.807, 2.05) is 18.2 Å². The van der Waals surface area contributed by atoms with Crippen LogP contribution < -0.4 is 10.6 Å². The number of halogens is 1. The molecule has 0 aliphatic carbocycles. The Bertz CT molecular complexity index is 390. The molecule has 0 amide bonds. The van der Waals surface area contributed by atoms with E-state index in [0.717, 1.165) is 37.3 Å². The maximum absolute atomic E-state index is 6.24. The third-order valence-corrected chi connectivity index (χ3v) is 3.79. The number of methoxy groups -OCH3 is 1. The molecule has 4 heteroatoms. The quantitative estimate of drug-likeness (QED) is 0.825. The average molecular weight is 255 g/mol. The molecule has 1 unspecified atom stereocenters. The number of rotatable bonds is 2. The van der Waals surface area contributed by atoms with Gasteiger partial charge in [0.15, 0.2) is 0 Å². The van der Waals surface area contributed by atoms with Crippen molar-refractivity contribution in [3.05, 3.63) is 23.2 Å². The van der Waals surface area contributed by atoms with Crippen LogP contribution in [0.4, 0.5) is 11.4 Å². The number of piperidine rings is 1. The molecular formula is C13H19ClN2O. The van der Waals surface area contributed by atoms with Crippen molar-refractivity contribution in [2.75, 3.05) is 30.8 Å². The molecule has 0 radical (unpaired) electrons. The van der Waals surface area contributed by atoms with E-state index in [0.29, 0.717) is 5.02 Å². The van der Waals surface area contributed by atoms with Crippen LogP contribution in [0.5, 0.6) is 0 Å². The second-order valence-electron chi connectivity index (χ2n) is 4.86. The molecule has 3 nitrogen and oxygen atoms in total. The monoisotopic (exact) mass is 254 g/mol. The lowest BCUT2D eigenvalue weighted by atomic mass is 9.94. The molecule has 0 spiro atoms. The maximum Gasteiger partial charge on any atom is 0.0825 e. The highest BCUT2D eigenvalue weighted by atomic mass is 35.5. The van der Waals surface area contributed by atoms with E-state index in [-0.39, 0.29) is 5.60 Å². The normalized spacial score (nSPS) is 25.0. The van der Waals surface area contributed by atoms with Crippen molar-refractivity contribution in [3.63, 3.8) is 0 Å². The van der Waals surface area contributed by atoms with Gasteiger partial charge in [0.2, 0.25) is 0 Å². The minimum Gasteiger partial charge on any atom is -0.397 e. The fraction of sp³-hybridized carbons (Fsp3) is 0.538. The molecular weight excluding hydrogens is 236 g/mol. The highest BCUT2D eigenvalue weighted by Crippen LogP contribution is 2.36. The van der Waals surface area contributed by atoms with Gasteiger partial charge in [-0.15, -0.1) is 0 Å². The molecule has 1 fully saturated rings. The standard InChI is InChI=1S/C13H19ClN2O/c1-13(17-2)7-4-8-16(9-13)12-10(14)5-3-6-11(12)15/h3,5-6H,4,7-9,15H2,1-2H3. The molecule has 94 valence electrons. The molecule has 1 aliphatic rings. The number of nitrogens with zero attached hydrogens (tertiary/aromatic N) is 1. The molecule has 1 atom stereocenters. The van der Waals surface area contributed by atoms with Crippen LogP contribution in [0.15, 0.2) is 18.2 Å². The Morgan fingerprint density at radius 1 is 1.47 bits per heavy atom. The van der Waals surface area contributed by atoms with Crippen molar-refractivity contribution in [2.45, 2.75) is 25.4 Å². The summed E-state index contributed by atoms with van der Waals surface area (Å²) in [5, 5.41) is 0.713. The summed E-state index contributed by atoms with van der Waals surface area (Å²) in [6, 6.07) is 5.65. The molecule has 1 aliphatic heterocycles. The topological polar surface area (TPSA) is 38.5 Å². The SMILES string of the molecule is COC1(C)CCCN(c2c(N)cccc2Cl)C1. The van der Waals surface area contributed by atoms with Gasteiger partial charge in [0.05, 0.1) is 22.0 Å². The Kier molecular flexibility index (Phi) is 3.50. The Balaban J connectivity index is 2.28. The zero-order valence-electron chi connectivity index (χ0n) is 10.4. The minimum atomic E-state index is -0.107. The van der Waals surface area contributed by atoms with Gasteiger partial charge in [-0.2, -0.15) is 0 Å². The van der Waals surface area contributed by atoms with Crippen LogP contribution in [0.25, 0.3) is 0 Å². The molecule has 1 saturated heterocycles. The largest absolute Gasteiger partial charge is 0.397 e. The molecule has 0 bridgehead atoms. The fourth-order valence-corrected chi connectivity index (χ4v) is 2.73. The van der Waals surface area contributed by atoms with Crippen molar-refractivity contribution < 1.29 is 4.74 Å². The molecule has 0 aromatic heterocycles. The van der Waals surface area contributed by atoms with Gasteiger partial charge >= 0.3 is 0 Å². The maximum atomic E-state index is 6.24. The fourth-order valence-electron chi connectivity index (χ4n) is 2.43. The summed E-state index contributed by atoms with van der Waals surface area (Å²) >= 11 is 6.24. The van der Waals surface area contributed by atoms with Crippen molar-refractivity contribution in [1.29, 1.82) is 0 Å². The first-order valence-corrected chi connectivity index (χ1v) is 6.28. The Hall–Kier alpha value is -0.930. The first-order valence-electron chi connectivity index (χ1n) is 5.90. The smallest absolute Gasteiger partial charge is 0.0825 e. The number of nitrogens with two attached hydrogens (primary N) is 1.